The van der Waals surface area contributed by atoms with Gasteiger partial charge >= 0.3 is 5.97 Å². The van der Waals surface area contributed by atoms with Gasteiger partial charge in [0.2, 0.25) is 27.7 Å². The van der Waals surface area contributed by atoms with Gasteiger partial charge in [-0.15, -0.1) is 0 Å². The average Bonchev–Trinajstić information content (AvgIpc) is 4.03. The van der Waals surface area contributed by atoms with Gasteiger partial charge in [-0.3, -0.25) is 23.9 Å². The molecule has 324 valence electrons. The van der Waals surface area contributed by atoms with Crippen LogP contribution in [0.5, 0.6) is 11.6 Å². The number of alkyl halides is 2. The monoisotopic (exact) mass is 863 g/mol. The molecule has 16 heteroatoms. The number of hydrogen-bond donors (Lipinski definition) is 1. The van der Waals surface area contributed by atoms with Crippen LogP contribution in [0, 0.1) is 29.1 Å². The van der Waals surface area contributed by atoms with Crippen LogP contribution in [0.15, 0.2) is 36.5 Å². The predicted octanol–water partition coefficient (Wildman–Crippen LogP) is 7.59. The van der Waals surface area contributed by atoms with E-state index < -0.39 is 85.7 Å². The zero-order valence-corrected chi connectivity index (χ0v) is 36.4. The molecule has 2 amide bonds. The molecule has 12 nitrogen and oxygen atoms in total. The zero-order chi connectivity index (χ0) is 43.3. The van der Waals surface area contributed by atoms with E-state index >= 15 is 4.79 Å². The second-order valence-corrected chi connectivity index (χ2v) is 20.6. The number of methoxy groups -OCH3 is 1. The van der Waals surface area contributed by atoms with Gasteiger partial charge in [-0.05, 0) is 101 Å². The van der Waals surface area contributed by atoms with Gasteiger partial charge in [0, 0.05) is 31.3 Å². The lowest BCUT2D eigenvalue weighted by molar-refractivity contribution is -0.197. The molecule has 3 heterocycles. The molecule has 4 aliphatic rings. The summed E-state index contributed by atoms with van der Waals surface area (Å²) in [6, 6.07) is 4.01. The van der Waals surface area contributed by atoms with Gasteiger partial charge in [0.15, 0.2) is 11.4 Å². The van der Waals surface area contributed by atoms with Gasteiger partial charge < -0.3 is 19.1 Å². The zero-order valence-electron chi connectivity index (χ0n) is 34.8. The van der Waals surface area contributed by atoms with Crippen molar-refractivity contribution in [3.63, 3.8) is 0 Å². The Kier molecular flexibility index (Phi) is 12.5. The van der Waals surface area contributed by atoms with Gasteiger partial charge in [-0.1, -0.05) is 44.0 Å². The topological polar surface area (TPSA) is 158 Å². The standard InChI is InChI=1S/C43H56ClF2N3O9S/c1-8-26-17-25(2)11-9-10-12-28-22-43(28,39(53)48-59(54,55)41(5)14-15-41)23-34(50)33-19-29(57-37-30-20-32(44)35(56-7)18-27(30)13-16-47-37)24-49(33)38(52)31(26)21-36(51)58-40(3,4)42(6,45)46/h10,12-13,16,18,20,25-26,28-29,31,33H,8-9,11,14-15,17,19,21-24H2,1-7H3,(H,48,53)/b12-10-/t25-,26+,28+,29+,31-,33-,43+/m0/s1. The molecule has 0 unspecified atom stereocenters. The number of halogens is 3. The molecule has 2 aromatic rings. The Bertz CT molecular complexity index is 2120. The first-order valence-corrected chi connectivity index (χ1v) is 22.4. The summed E-state index contributed by atoms with van der Waals surface area (Å²) < 4.78 is 73.9. The molecule has 2 aliphatic heterocycles. The highest BCUT2D eigenvalue weighted by Gasteiger charge is 2.63. The fraction of sp³-hybridized carbons (Fsp3) is 0.651. The molecule has 3 fully saturated rings. The maximum absolute atomic E-state index is 15.1. The van der Waals surface area contributed by atoms with E-state index in [1.165, 1.54) is 12.0 Å². The van der Waals surface area contributed by atoms with Crippen LogP contribution >= 0.6 is 11.6 Å². The van der Waals surface area contributed by atoms with Crippen molar-refractivity contribution in [3.05, 3.63) is 41.6 Å². The Balaban J connectivity index is 1.38. The van der Waals surface area contributed by atoms with Gasteiger partial charge in [0.05, 0.1) is 47.2 Å². The molecule has 1 N–H and O–H groups in total. The summed E-state index contributed by atoms with van der Waals surface area (Å²) in [5.41, 5.74) is -3.51. The quantitative estimate of drug-likeness (QED) is 0.176. The van der Waals surface area contributed by atoms with Crippen molar-refractivity contribution in [1.29, 1.82) is 0 Å². The number of carbonyl (C=O) groups excluding carboxylic acids is 4. The molecular formula is C43H56ClF2N3O9S. The molecule has 1 aromatic heterocycles. The molecule has 7 atom stereocenters. The number of Topliss-reactive ketones (excluding diaryl/α,β-unsaturated/α-hetero) is 1. The van der Waals surface area contributed by atoms with Crippen molar-refractivity contribution in [2.24, 2.45) is 29.1 Å². The first-order chi connectivity index (χ1) is 27.5. The van der Waals surface area contributed by atoms with E-state index in [-0.39, 0.29) is 43.5 Å². The summed E-state index contributed by atoms with van der Waals surface area (Å²) in [6.07, 6.45) is 7.20. The summed E-state index contributed by atoms with van der Waals surface area (Å²) in [6.45, 7) is 8.32. The van der Waals surface area contributed by atoms with Gasteiger partial charge in [-0.25, -0.2) is 22.2 Å². The van der Waals surface area contributed by atoms with Crippen LogP contribution in [0.2, 0.25) is 5.02 Å². The van der Waals surface area contributed by atoms with Crippen LogP contribution in [-0.2, 0) is 33.9 Å². The maximum Gasteiger partial charge on any atom is 0.307 e. The summed E-state index contributed by atoms with van der Waals surface area (Å²) in [5, 5.41) is 1.59. The Hall–Kier alpha value is -3.85. The number of aromatic nitrogens is 1. The number of nitrogens with zero attached hydrogens (tertiary/aromatic N) is 2. The van der Waals surface area contributed by atoms with E-state index in [1.54, 1.807) is 31.3 Å². The lowest BCUT2D eigenvalue weighted by atomic mass is 9.79. The number of allylic oxidation sites excluding steroid dienone is 2. The average molecular weight is 864 g/mol. The summed E-state index contributed by atoms with van der Waals surface area (Å²) in [5.74, 6) is -7.19. The van der Waals surface area contributed by atoms with Gasteiger partial charge in [-0.2, -0.15) is 0 Å². The highest BCUT2D eigenvalue weighted by Crippen LogP contribution is 2.58. The molecular weight excluding hydrogens is 808 g/mol. The third-order valence-electron chi connectivity index (χ3n) is 13.2. The van der Waals surface area contributed by atoms with Gasteiger partial charge in [0.1, 0.15) is 11.9 Å². The highest BCUT2D eigenvalue weighted by molar-refractivity contribution is 7.91. The number of esters is 1. The third kappa shape index (κ3) is 9.25. The second-order valence-electron chi connectivity index (χ2n) is 18.0. The number of benzene rings is 1. The van der Waals surface area contributed by atoms with Crippen molar-refractivity contribution in [3.8, 4) is 11.6 Å². The predicted molar refractivity (Wildman–Crippen MR) is 218 cm³/mol. The van der Waals surface area contributed by atoms with Crippen LogP contribution in [0.1, 0.15) is 106 Å². The smallest absolute Gasteiger partial charge is 0.307 e. The number of amides is 2. The molecule has 1 saturated heterocycles. The van der Waals surface area contributed by atoms with Crippen molar-refractivity contribution >= 4 is 56.0 Å². The van der Waals surface area contributed by atoms with E-state index in [4.69, 9.17) is 25.8 Å². The van der Waals surface area contributed by atoms with E-state index in [0.717, 1.165) is 13.8 Å². The normalized spacial score (nSPS) is 29.4. The number of ether oxygens (including phenoxy) is 3. The van der Waals surface area contributed by atoms with Gasteiger partial charge in [0.25, 0.3) is 5.92 Å². The van der Waals surface area contributed by atoms with Crippen molar-refractivity contribution < 1.29 is 50.6 Å². The first-order valence-electron chi connectivity index (χ1n) is 20.5. The molecule has 59 heavy (non-hydrogen) atoms. The number of ketones is 1. The highest BCUT2D eigenvalue weighted by atomic mass is 35.5. The Morgan fingerprint density at radius 2 is 1.85 bits per heavy atom. The van der Waals surface area contributed by atoms with Crippen LogP contribution in [0.25, 0.3) is 10.8 Å². The van der Waals surface area contributed by atoms with Crippen molar-refractivity contribution in [2.45, 2.75) is 134 Å². The number of fused-ring (bicyclic) bond motifs is 3. The Morgan fingerprint density at radius 1 is 1.14 bits per heavy atom. The first kappa shape index (κ1) is 44.7. The SMILES string of the molecule is CC[C@@H]1C[C@@H](C)CC/C=C\[C@@H]2C[C@@]2(C(=O)NS(=O)(=O)C2(C)CC2)CC(=O)[C@@H]2C[C@@H](Oc3nccc4cc(OC)c(Cl)cc34)CN2C(=O)[C@H]1CC(=O)OC(C)(C)C(C)(F)F. The Labute approximate surface area is 350 Å². The molecule has 0 radical (unpaired) electrons. The number of nitrogens with one attached hydrogen (secondary N) is 1. The number of hydrogen-bond acceptors (Lipinski definition) is 10. The summed E-state index contributed by atoms with van der Waals surface area (Å²) >= 11 is 6.48. The molecule has 0 bridgehead atoms. The number of pyridine rings is 1. The molecule has 1 aromatic carbocycles. The molecule has 0 spiro atoms. The lowest BCUT2D eigenvalue weighted by Gasteiger charge is -2.35. The van der Waals surface area contributed by atoms with Crippen LogP contribution < -0.4 is 14.2 Å². The van der Waals surface area contributed by atoms with Crippen LogP contribution in [0.3, 0.4) is 0 Å². The minimum Gasteiger partial charge on any atom is -0.495 e. The molecule has 2 aliphatic carbocycles. The molecule has 2 saturated carbocycles. The summed E-state index contributed by atoms with van der Waals surface area (Å²) in [7, 11) is -2.52. The number of sulfonamides is 1. The largest absolute Gasteiger partial charge is 0.495 e. The van der Waals surface area contributed by atoms with E-state index in [2.05, 4.69) is 9.71 Å². The minimum atomic E-state index is -4.02. The Morgan fingerprint density at radius 3 is 2.49 bits per heavy atom. The lowest BCUT2D eigenvalue weighted by Crippen LogP contribution is -2.49. The van der Waals surface area contributed by atoms with Crippen LogP contribution in [0.4, 0.5) is 8.78 Å². The second kappa shape index (κ2) is 16.5. The molecule has 6 rings (SSSR count). The minimum absolute atomic E-state index is 0.000547. The fourth-order valence-electron chi connectivity index (χ4n) is 8.49. The van der Waals surface area contributed by atoms with E-state index in [0.29, 0.717) is 67.0 Å². The fourth-order valence-corrected chi connectivity index (χ4v) is 10.1. The summed E-state index contributed by atoms with van der Waals surface area (Å²) in [4.78, 5) is 63.2. The van der Waals surface area contributed by atoms with Crippen molar-refractivity contribution in [2.75, 3.05) is 13.7 Å². The van der Waals surface area contributed by atoms with E-state index in [1.807, 2.05) is 26.0 Å². The number of carbonyl (C=O) groups is 4. The third-order valence-corrected chi connectivity index (χ3v) is 15.7. The number of rotatable bonds is 11. The van der Waals surface area contributed by atoms with Crippen molar-refractivity contribution in [1.82, 2.24) is 14.6 Å². The maximum atomic E-state index is 15.1. The van der Waals surface area contributed by atoms with Crippen LogP contribution in [-0.4, -0.2) is 83.9 Å². The van der Waals surface area contributed by atoms with E-state index in [9.17, 15) is 31.6 Å².